The topological polar surface area (TPSA) is 33.6 Å². The molecule has 3 nitrogen and oxygen atoms in total. The lowest BCUT2D eigenvalue weighted by atomic mass is 9.83. The normalized spacial score (nSPS) is 38.1. The molecule has 0 aromatic carbocycles. The Balaban J connectivity index is 1.55. The highest BCUT2D eigenvalue weighted by atomic mass is 32.2. The molecular weight excluding hydrogens is 232 g/mol. The van der Waals surface area contributed by atoms with Crippen molar-refractivity contribution in [3.05, 3.63) is 0 Å². The van der Waals surface area contributed by atoms with Gasteiger partial charge in [-0.25, -0.2) is 0 Å². The van der Waals surface area contributed by atoms with Crippen LogP contribution in [0.2, 0.25) is 0 Å². The van der Waals surface area contributed by atoms with Gasteiger partial charge >= 0.3 is 0 Å². The van der Waals surface area contributed by atoms with E-state index in [2.05, 4.69) is 5.32 Å². The van der Waals surface area contributed by atoms with Gasteiger partial charge in [-0.15, -0.1) is 0 Å². The van der Waals surface area contributed by atoms with Crippen molar-refractivity contribution in [2.75, 3.05) is 12.9 Å². The molecule has 0 radical (unpaired) electrons. The highest BCUT2D eigenvalue weighted by molar-refractivity contribution is 8.14. The molecule has 2 saturated carbocycles. The van der Waals surface area contributed by atoms with E-state index in [9.17, 15) is 0 Å². The van der Waals surface area contributed by atoms with Crippen LogP contribution in [0.4, 0.5) is 0 Å². The average molecular weight is 254 g/mol. The zero-order valence-electron chi connectivity index (χ0n) is 10.6. The number of hydrogen-bond donors (Lipinski definition) is 1. The lowest BCUT2D eigenvalue weighted by Gasteiger charge is -2.34. The second-order valence-electron chi connectivity index (χ2n) is 5.67. The molecule has 17 heavy (non-hydrogen) atoms. The highest BCUT2D eigenvalue weighted by Gasteiger charge is 2.39. The van der Waals surface area contributed by atoms with Crippen molar-refractivity contribution in [1.29, 1.82) is 0 Å². The zero-order chi connectivity index (χ0) is 11.7. The van der Waals surface area contributed by atoms with Crippen molar-refractivity contribution in [2.45, 2.75) is 62.6 Å². The number of amidine groups is 1. The molecular formula is C13H22N2OS. The third-order valence-electron chi connectivity index (χ3n) is 4.37. The minimum absolute atomic E-state index is 0.395. The van der Waals surface area contributed by atoms with Crippen LogP contribution in [0.1, 0.15) is 44.9 Å². The summed E-state index contributed by atoms with van der Waals surface area (Å²) < 4.78 is 5.29. The Kier molecular flexibility index (Phi) is 3.35. The highest BCUT2D eigenvalue weighted by Crippen LogP contribution is 2.37. The molecule has 1 spiro atoms. The van der Waals surface area contributed by atoms with E-state index in [-0.39, 0.29) is 0 Å². The molecule has 3 aliphatic rings. The molecule has 1 heterocycles. The second-order valence-corrected chi connectivity index (χ2v) is 6.64. The van der Waals surface area contributed by atoms with Gasteiger partial charge in [-0.1, -0.05) is 31.0 Å². The van der Waals surface area contributed by atoms with Crippen LogP contribution in [0.25, 0.3) is 0 Å². The van der Waals surface area contributed by atoms with Crippen molar-refractivity contribution in [3.63, 3.8) is 0 Å². The Morgan fingerprint density at radius 2 is 2.06 bits per heavy atom. The maximum Gasteiger partial charge on any atom is 0.157 e. The fourth-order valence-electron chi connectivity index (χ4n) is 3.07. The Labute approximate surface area is 108 Å². The molecule has 3 fully saturated rings. The average Bonchev–Trinajstić information content (AvgIpc) is 2.67. The maximum atomic E-state index is 5.29. The summed E-state index contributed by atoms with van der Waals surface area (Å²) in [4.78, 5) is 4.82. The van der Waals surface area contributed by atoms with Gasteiger partial charge in [0.05, 0.1) is 12.1 Å². The van der Waals surface area contributed by atoms with Crippen molar-refractivity contribution >= 4 is 16.9 Å². The minimum atomic E-state index is 0.395. The Morgan fingerprint density at radius 1 is 1.29 bits per heavy atom. The third kappa shape index (κ3) is 2.48. The molecule has 96 valence electrons. The molecule has 0 bridgehead atoms. The molecule has 0 aromatic rings. The van der Waals surface area contributed by atoms with Gasteiger partial charge in [0.1, 0.15) is 0 Å². The van der Waals surface area contributed by atoms with Crippen LogP contribution in [0, 0.1) is 0 Å². The number of nitrogens with one attached hydrogen (secondary N) is 1. The van der Waals surface area contributed by atoms with Gasteiger partial charge in [0.25, 0.3) is 0 Å². The van der Waals surface area contributed by atoms with Crippen LogP contribution in [-0.2, 0) is 4.74 Å². The van der Waals surface area contributed by atoms with Gasteiger partial charge in [0.15, 0.2) is 5.17 Å². The van der Waals surface area contributed by atoms with Gasteiger partial charge in [0, 0.05) is 18.4 Å². The second kappa shape index (κ2) is 4.81. The van der Waals surface area contributed by atoms with E-state index in [1.807, 2.05) is 11.8 Å². The summed E-state index contributed by atoms with van der Waals surface area (Å²) in [5.41, 5.74) is 0.395. The van der Waals surface area contributed by atoms with Crippen LogP contribution in [-0.4, -0.2) is 35.7 Å². The first kappa shape index (κ1) is 11.8. The third-order valence-corrected chi connectivity index (χ3v) is 5.55. The van der Waals surface area contributed by atoms with Crippen LogP contribution < -0.4 is 5.32 Å². The standard InChI is InChI=1S/C13H22N2OS/c1-16-11-7-10(8-11)14-12-15-13(9-17-12)5-3-2-4-6-13/h10-11H,2-9H2,1H3,(H,14,15). The molecule has 1 N–H and O–H groups in total. The van der Waals surface area contributed by atoms with Crippen LogP contribution in [0.3, 0.4) is 0 Å². The van der Waals surface area contributed by atoms with Crippen LogP contribution in [0.15, 0.2) is 4.99 Å². The lowest BCUT2D eigenvalue weighted by molar-refractivity contribution is 0.0285. The fraction of sp³-hybridized carbons (Fsp3) is 0.923. The number of hydrogen-bond acceptors (Lipinski definition) is 3. The van der Waals surface area contributed by atoms with E-state index in [0.717, 1.165) is 12.8 Å². The van der Waals surface area contributed by atoms with Gasteiger partial charge < -0.3 is 10.1 Å². The van der Waals surface area contributed by atoms with E-state index in [1.165, 1.54) is 43.0 Å². The summed E-state index contributed by atoms with van der Waals surface area (Å²) >= 11 is 1.93. The number of ether oxygens (including phenoxy) is 1. The monoisotopic (exact) mass is 254 g/mol. The van der Waals surface area contributed by atoms with Crippen molar-refractivity contribution < 1.29 is 4.74 Å². The van der Waals surface area contributed by atoms with Crippen molar-refractivity contribution in [2.24, 2.45) is 4.99 Å². The van der Waals surface area contributed by atoms with Gasteiger partial charge in [-0.05, 0) is 25.7 Å². The number of thioether (sulfide) groups is 1. The van der Waals surface area contributed by atoms with Crippen molar-refractivity contribution in [3.8, 4) is 0 Å². The Morgan fingerprint density at radius 3 is 2.76 bits per heavy atom. The number of aliphatic imine (C=N–C) groups is 1. The smallest absolute Gasteiger partial charge is 0.157 e. The molecule has 0 unspecified atom stereocenters. The molecule has 1 aliphatic heterocycles. The number of rotatable bonds is 2. The van der Waals surface area contributed by atoms with E-state index in [1.54, 1.807) is 7.11 Å². The maximum absolute atomic E-state index is 5.29. The fourth-order valence-corrected chi connectivity index (χ4v) is 4.36. The first-order valence-corrected chi connectivity index (χ1v) is 7.80. The van der Waals surface area contributed by atoms with Crippen LogP contribution in [0.5, 0.6) is 0 Å². The van der Waals surface area contributed by atoms with E-state index in [0.29, 0.717) is 17.7 Å². The van der Waals surface area contributed by atoms with Crippen LogP contribution >= 0.6 is 11.8 Å². The molecule has 2 aliphatic carbocycles. The largest absolute Gasteiger partial charge is 0.381 e. The van der Waals surface area contributed by atoms with E-state index < -0.39 is 0 Å². The molecule has 0 atom stereocenters. The Bertz CT molecular complexity index is 307. The van der Waals surface area contributed by atoms with Gasteiger partial charge in [0.2, 0.25) is 0 Å². The summed E-state index contributed by atoms with van der Waals surface area (Å²) in [5.74, 6) is 1.23. The minimum Gasteiger partial charge on any atom is -0.381 e. The van der Waals surface area contributed by atoms with E-state index >= 15 is 0 Å². The SMILES string of the molecule is COC1CC(N=C2NC3(CCCCC3)CS2)C1. The van der Waals surface area contributed by atoms with Gasteiger partial charge in [-0.3, -0.25) is 4.99 Å². The summed E-state index contributed by atoms with van der Waals surface area (Å²) in [6.45, 7) is 0. The first-order valence-electron chi connectivity index (χ1n) is 6.81. The van der Waals surface area contributed by atoms with Crippen molar-refractivity contribution in [1.82, 2.24) is 5.32 Å². The zero-order valence-corrected chi connectivity index (χ0v) is 11.4. The lowest BCUT2D eigenvalue weighted by Crippen LogP contribution is -2.45. The Hall–Kier alpha value is -0.220. The predicted molar refractivity (Wildman–Crippen MR) is 72.7 cm³/mol. The number of nitrogens with zero attached hydrogens (tertiary/aromatic N) is 1. The molecule has 0 amide bonds. The van der Waals surface area contributed by atoms with E-state index in [4.69, 9.17) is 9.73 Å². The first-order chi connectivity index (χ1) is 8.30. The summed E-state index contributed by atoms with van der Waals surface area (Å²) in [6, 6.07) is 0.508. The molecule has 0 aromatic heterocycles. The summed E-state index contributed by atoms with van der Waals surface area (Å²) in [5, 5.41) is 4.91. The molecule has 4 heteroatoms. The van der Waals surface area contributed by atoms with Gasteiger partial charge in [-0.2, -0.15) is 0 Å². The predicted octanol–water partition coefficient (Wildman–Crippen LogP) is 2.56. The summed E-state index contributed by atoms with van der Waals surface area (Å²) in [6.07, 6.45) is 9.53. The molecule has 1 saturated heterocycles. The quantitative estimate of drug-likeness (QED) is 0.822. The molecule has 3 rings (SSSR count). The summed E-state index contributed by atoms with van der Waals surface area (Å²) in [7, 11) is 1.80. The number of methoxy groups -OCH3 is 1.